The molecule has 0 saturated carbocycles. The van der Waals surface area contributed by atoms with E-state index in [1.54, 1.807) is 0 Å². The summed E-state index contributed by atoms with van der Waals surface area (Å²) in [5, 5.41) is 13.0. The van der Waals surface area contributed by atoms with E-state index in [0.29, 0.717) is 0 Å². The van der Waals surface area contributed by atoms with Crippen molar-refractivity contribution in [1.29, 1.82) is 0 Å². The van der Waals surface area contributed by atoms with Crippen LogP contribution >= 0.6 is 0 Å². The molecule has 0 saturated heterocycles. The van der Waals surface area contributed by atoms with E-state index in [9.17, 15) is 5.11 Å². The van der Waals surface area contributed by atoms with Gasteiger partial charge in [-0.15, -0.1) is 6.58 Å². The molecule has 0 aromatic carbocycles. The van der Waals surface area contributed by atoms with Crippen molar-refractivity contribution in [2.75, 3.05) is 0 Å². The van der Waals surface area contributed by atoms with Gasteiger partial charge in [-0.25, -0.2) is 0 Å². The Kier molecular flexibility index (Phi) is 11.8. The van der Waals surface area contributed by atoms with E-state index in [1.807, 2.05) is 30.3 Å². The third-order valence-electron chi connectivity index (χ3n) is 4.71. The Balaban J connectivity index is 1.81. The van der Waals surface area contributed by atoms with Crippen LogP contribution in [0.2, 0.25) is 0 Å². The molecule has 134 valence electrons. The van der Waals surface area contributed by atoms with Gasteiger partial charge >= 0.3 is 0 Å². The molecule has 1 aliphatic heterocycles. The fourth-order valence-corrected chi connectivity index (χ4v) is 3.26. The summed E-state index contributed by atoms with van der Waals surface area (Å²) in [7, 11) is 0. The quantitative estimate of drug-likeness (QED) is 0.318. The minimum Gasteiger partial charge on any atom is -0.374 e. The highest BCUT2D eigenvalue weighted by Gasteiger charge is 2.20. The highest BCUT2D eigenvalue weighted by atomic mass is 16.3. The number of hydrogen-bond donors (Lipinski definition) is 2. The van der Waals surface area contributed by atoms with Gasteiger partial charge in [0.2, 0.25) is 0 Å². The molecule has 0 fully saturated rings. The second kappa shape index (κ2) is 13.5. The van der Waals surface area contributed by atoms with Gasteiger partial charge in [0.05, 0.1) is 0 Å². The average molecular weight is 323 g/mol. The van der Waals surface area contributed by atoms with E-state index in [-0.39, 0.29) is 6.17 Å². The zero-order chi connectivity index (χ0) is 16.8. The highest BCUT2D eigenvalue weighted by molar-refractivity contribution is 4.94. The van der Waals surface area contributed by atoms with E-state index in [4.69, 9.17) is 0 Å². The molecule has 0 aromatic heterocycles. The Morgan fingerprint density at radius 1 is 1.00 bits per heavy atom. The molecule has 1 heterocycles. The fraction of sp³-hybridized carbons (Fsp3) is 0.800. The average Bonchev–Trinajstić information content (AvgIpc) is 3.00. The molecule has 2 unspecified atom stereocenters. The number of nitrogens with zero attached hydrogens (tertiary/aromatic N) is 1. The number of rotatable bonds is 15. The molecule has 0 bridgehead atoms. The van der Waals surface area contributed by atoms with Gasteiger partial charge in [-0.1, -0.05) is 63.9 Å². The van der Waals surface area contributed by atoms with Crippen LogP contribution in [0.25, 0.3) is 0 Å². The Morgan fingerprint density at radius 3 is 2.04 bits per heavy atom. The standard InChI is InChI=1S/C20H38N2O/c1-3-4-5-6-7-8-9-10-11-12-13-14-15-16-20-21-17-18-22(20)19(2)23/h3,17-21,23H,1,4-16H2,2H3. The summed E-state index contributed by atoms with van der Waals surface area (Å²) >= 11 is 0. The number of nitrogens with one attached hydrogen (secondary N) is 1. The summed E-state index contributed by atoms with van der Waals surface area (Å²) in [5.74, 6) is 0. The van der Waals surface area contributed by atoms with Gasteiger partial charge in [0, 0.05) is 12.4 Å². The first-order valence-corrected chi connectivity index (χ1v) is 9.75. The first-order valence-electron chi connectivity index (χ1n) is 9.75. The van der Waals surface area contributed by atoms with Crippen molar-refractivity contribution in [2.45, 2.75) is 103 Å². The minimum atomic E-state index is -0.400. The van der Waals surface area contributed by atoms with Crippen LogP contribution in [0.5, 0.6) is 0 Å². The Morgan fingerprint density at radius 2 is 1.52 bits per heavy atom. The lowest BCUT2D eigenvalue weighted by Crippen LogP contribution is -2.40. The van der Waals surface area contributed by atoms with Crippen molar-refractivity contribution in [3.05, 3.63) is 25.1 Å². The predicted octanol–water partition coefficient (Wildman–Crippen LogP) is 5.28. The van der Waals surface area contributed by atoms with Crippen molar-refractivity contribution in [3.63, 3.8) is 0 Å². The van der Waals surface area contributed by atoms with Crippen molar-refractivity contribution in [3.8, 4) is 0 Å². The van der Waals surface area contributed by atoms with Crippen LogP contribution in [-0.4, -0.2) is 22.4 Å². The smallest absolute Gasteiger partial charge is 0.125 e. The number of aliphatic hydroxyl groups excluding tert-OH is 1. The van der Waals surface area contributed by atoms with Gasteiger partial charge in [0.1, 0.15) is 12.4 Å². The predicted molar refractivity (Wildman–Crippen MR) is 99.8 cm³/mol. The fourth-order valence-electron chi connectivity index (χ4n) is 3.26. The SMILES string of the molecule is C=CCCCCCCCCCCCCCC1NC=CN1C(C)O. The maximum Gasteiger partial charge on any atom is 0.125 e. The van der Waals surface area contributed by atoms with Crippen molar-refractivity contribution in [1.82, 2.24) is 10.2 Å². The van der Waals surface area contributed by atoms with Gasteiger partial charge in [-0.05, 0) is 32.6 Å². The molecular weight excluding hydrogens is 284 g/mol. The molecular formula is C20H38N2O. The third-order valence-corrected chi connectivity index (χ3v) is 4.71. The highest BCUT2D eigenvalue weighted by Crippen LogP contribution is 2.16. The summed E-state index contributed by atoms with van der Waals surface area (Å²) in [4.78, 5) is 2.00. The Labute approximate surface area is 143 Å². The lowest BCUT2D eigenvalue weighted by Gasteiger charge is -2.28. The van der Waals surface area contributed by atoms with Gasteiger partial charge in [0.15, 0.2) is 0 Å². The number of unbranched alkanes of at least 4 members (excludes halogenated alkanes) is 11. The maximum absolute atomic E-state index is 9.66. The first kappa shape index (κ1) is 20.1. The number of hydrogen-bond acceptors (Lipinski definition) is 3. The normalized spacial score (nSPS) is 18.2. The molecule has 3 nitrogen and oxygen atoms in total. The Hall–Kier alpha value is -0.960. The summed E-state index contributed by atoms with van der Waals surface area (Å²) in [6, 6.07) is 0. The van der Waals surface area contributed by atoms with Gasteiger partial charge in [-0.3, -0.25) is 0 Å². The van der Waals surface area contributed by atoms with Crippen LogP contribution in [0.4, 0.5) is 0 Å². The summed E-state index contributed by atoms with van der Waals surface area (Å²) < 4.78 is 0. The van der Waals surface area contributed by atoms with Gasteiger partial charge in [0.25, 0.3) is 0 Å². The van der Waals surface area contributed by atoms with Crippen molar-refractivity contribution in [2.24, 2.45) is 0 Å². The molecule has 2 atom stereocenters. The maximum atomic E-state index is 9.66. The minimum absolute atomic E-state index is 0.288. The van der Waals surface area contributed by atoms with E-state index < -0.39 is 6.23 Å². The molecule has 1 aliphatic rings. The monoisotopic (exact) mass is 322 g/mol. The zero-order valence-electron chi connectivity index (χ0n) is 15.2. The lowest BCUT2D eigenvalue weighted by molar-refractivity contribution is 0.0254. The Bertz CT molecular complexity index is 315. The van der Waals surface area contributed by atoms with E-state index in [0.717, 1.165) is 6.42 Å². The van der Waals surface area contributed by atoms with Crippen LogP contribution < -0.4 is 5.32 Å². The summed E-state index contributed by atoms with van der Waals surface area (Å²) in [6.07, 6.45) is 23.1. The first-order chi connectivity index (χ1) is 11.3. The molecule has 0 aliphatic carbocycles. The second-order valence-electron chi connectivity index (χ2n) is 6.83. The van der Waals surface area contributed by atoms with Crippen LogP contribution in [-0.2, 0) is 0 Å². The molecule has 0 radical (unpaired) electrons. The zero-order valence-corrected chi connectivity index (χ0v) is 15.2. The largest absolute Gasteiger partial charge is 0.374 e. The summed E-state index contributed by atoms with van der Waals surface area (Å²) in [5.41, 5.74) is 0. The molecule has 1 rings (SSSR count). The van der Waals surface area contributed by atoms with Crippen molar-refractivity contribution < 1.29 is 5.11 Å². The van der Waals surface area contributed by atoms with Crippen LogP contribution in [0.1, 0.15) is 90.4 Å². The molecule has 2 N–H and O–H groups in total. The van der Waals surface area contributed by atoms with Crippen LogP contribution in [0.3, 0.4) is 0 Å². The van der Waals surface area contributed by atoms with E-state index >= 15 is 0 Å². The molecule has 0 aromatic rings. The second-order valence-corrected chi connectivity index (χ2v) is 6.83. The molecule has 0 spiro atoms. The molecule has 3 heteroatoms. The summed E-state index contributed by atoms with van der Waals surface area (Å²) in [6.45, 7) is 5.59. The van der Waals surface area contributed by atoms with Gasteiger partial charge in [-0.2, -0.15) is 0 Å². The molecule has 23 heavy (non-hydrogen) atoms. The van der Waals surface area contributed by atoms with E-state index in [2.05, 4.69) is 11.9 Å². The number of aliphatic hydroxyl groups is 1. The lowest BCUT2D eigenvalue weighted by atomic mass is 10.0. The van der Waals surface area contributed by atoms with Crippen LogP contribution in [0.15, 0.2) is 25.1 Å². The van der Waals surface area contributed by atoms with Crippen molar-refractivity contribution >= 4 is 0 Å². The molecule has 0 amide bonds. The topological polar surface area (TPSA) is 35.5 Å². The van der Waals surface area contributed by atoms with Crippen LogP contribution in [0, 0.1) is 0 Å². The van der Waals surface area contributed by atoms with E-state index in [1.165, 1.54) is 77.0 Å². The third kappa shape index (κ3) is 9.70. The number of allylic oxidation sites excluding steroid dienone is 1. The van der Waals surface area contributed by atoms with Gasteiger partial charge < -0.3 is 15.3 Å².